The van der Waals surface area contributed by atoms with Gasteiger partial charge in [-0.25, -0.2) is 0 Å². The quantitative estimate of drug-likeness (QED) is 0.208. The Labute approximate surface area is 69.0 Å². The average Bonchev–Trinajstić information content (AvgIpc) is 1.88. The van der Waals surface area contributed by atoms with Crippen LogP contribution >= 0.6 is 21.0 Å². The molecule has 2 nitrogen and oxygen atoms in total. The normalized spacial score (nSPS) is 17.1. The highest BCUT2D eigenvalue weighted by molar-refractivity contribution is 7.14. The lowest BCUT2D eigenvalue weighted by Gasteiger charge is -2.05. The van der Waals surface area contributed by atoms with Gasteiger partial charge >= 0.3 is 0 Å². The van der Waals surface area contributed by atoms with Gasteiger partial charge in [0, 0.05) is 9.39 Å². The summed E-state index contributed by atoms with van der Waals surface area (Å²) in [6.45, 7) is 5.68. The largest absolute Gasteiger partial charge is 0.176 e. The highest BCUT2D eigenvalue weighted by atomic mass is 35.5. The van der Waals surface area contributed by atoms with Crippen LogP contribution in [0.5, 0.6) is 0 Å². The zero-order chi connectivity index (χ0) is 7.98. The fraction of sp³-hybridized carbons (Fsp3) is 0.667. The van der Waals surface area contributed by atoms with E-state index in [0.29, 0.717) is 5.92 Å². The number of halogens is 1. The van der Waals surface area contributed by atoms with Gasteiger partial charge < -0.3 is 0 Å². The molecule has 0 spiro atoms. The number of nitrogens with zero attached hydrogens (tertiary/aromatic N) is 2. The van der Waals surface area contributed by atoms with E-state index < -0.39 is 0 Å². The second-order valence-corrected chi connectivity index (χ2v) is 2.85. The van der Waals surface area contributed by atoms with Crippen molar-refractivity contribution in [2.75, 3.05) is 0 Å². The molecule has 0 bridgehead atoms. The molecule has 0 aromatic heterocycles. The molecule has 3 atom stereocenters. The van der Waals surface area contributed by atoms with Crippen LogP contribution in [0.4, 0.5) is 0 Å². The topological polar surface area (TPSA) is 24.7 Å². The molecule has 3 unspecified atom stereocenters. The molecule has 0 aliphatic rings. The summed E-state index contributed by atoms with van der Waals surface area (Å²) in [7, 11) is 2.15. The molecule has 0 amide bonds. The third-order valence-corrected chi connectivity index (χ3v) is 1.56. The zero-order valence-electron chi connectivity index (χ0n) is 6.00. The summed E-state index contributed by atoms with van der Waals surface area (Å²) in [5, 5.41) is 3.72. The first-order chi connectivity index (χ1) is 4.70. The molecular formula is C6H12ClN2P. The first-order valence-corrected chi connectivity index (χ1v) is 4.02. The zero-order valence-corrected chi connectivity index (χ0v) is 7.91. The SMILES string of the molecule is C=CC(C)CC(Cl)N=NP. The number of hydrogen-bond donors (Lipinski definition) is 0. The van der Waals surface area contributed by atoms with E-state index >= 15 is 0 Å². The van der Waals surface area contributed by atoms with Crippen LogP contribution in [0.25, 0.3) is 0 Å². The minimum atomic E-state index is -0.217. The Balaban J connectivity index is 3.55. The standard InChI is InChI=1S/C6H12ClN2P/c1-3-5(2)4-6(7)8-9-10/h3,5-6H,1,4,10H2,2H3. The van der Waals surface area contributed by atoms with Crippen LogP contribution in [0.3, 0.4) is 0 Å². The van der Waals surface area contributed by atoms with E-state index in [9.17, 15) is 0 Å². The highest BCUT2D eigenvalue weighted by Crippen LogP contribution is 2.13. The van der Waals surface area contributed by atoms with Crippen molar-refractivity contribution in [1.29, 1.82) is 0 Å². The van der Waals surface area contributed by atoms with E-state index in [1.54, 1.807) is 0 Å². The molecule has 0 radical (unpaired) electrons. The van der Waals surface area contributed by atoms with Crippen molar-refractivity contribution in [1.82, 2.24) is 0 Å². The molecular weight excluding hydrogens is 167 g/mol. The van der Waals surface area contributed by atoms with Gasteiger partial charge in [-0.05, 0) is 12.3 Å². The molecule has 4 heteroatoms. The van der Waals surface area contributed by atoms with Crippen LogP contribution in [-0.2, 0) is 0 Å². The summed E-state index contributed by atoms with van der Waals surface area (Å²) >= 11 is 5.73. The van der Waals surface area contributed by atoms with Crippen molar-refractivity contribution in [3.05, 3.63) is 12.7 Å². The minimum absolute atomic E-state index is 0.217. The first-order valence-electron chi connectivity index (χ1n) is 3.07. The Hall–Kier alpha value is 0.0600. The molecule has 0 saturated heterocycles. The van der Waals surface area contributed by atoms with Gasteiger partial charge in [-0.15, -0.1) is 6.58 Å². The van der Waals surface area contributed by atoms with Crippen LogP contribution in [0.15, 0.2) is 22.7 Å². The van der Waals surface area contributed by atoms with Crippen molar-refractivity contribution in [2.24, 2.45) is 15.9 Å². The van der Waals surface area contributed by atoms with Crippen LogP contribution in [-0.4, -0.2) is 5.50 Å². The van der Waals surface area contributed by atoms with Crippen molar-refractivity contribution in [3.8, 4) is 0 Å². The van der Waals surface area contributed by atoms with E-state index in [2.05, 4.69) is 26.0 Å². The molecule has 0 saturated carbocycles. The van der Waals surface area contributed by atoms with Gasteiger partial charge in [0.05, 0.1) is 0 Å². The molecule has 0 aromatic carbocycles. The fourth-order valence-corrected chi connectivity index (χ4v) is 1.10. The lowest BCUT2D eigenvalue weighted by molar-refractivity contribution is 0.619. The van der Waals surface area contributed by atoms with Gasteiger partial charge in [0.2, 0.25) is 0 Å². The lowest BCUT2D eigenvalue weighted by Crippen LogP contribution is -1.99. The summed E-state index contributed by atoms with van der Waals surface area (Å²) in [5.74, 6) is 0.401. The van der Waals surface area contributed by atoms with Gasteiger partial charge in [0.1, 0.15) is 5.50 Å². The van der Waals surface area contributed by atoms with Gasteiger partial charge in [-0.2, -0.15) is 10.00 Å². The monoisotopic (exact) mass is 178 g/mol. The number of hydrogen-bond acceptors (Lipinski definition) is 2. The van der Waals surface area contributed by atoms with E-state index in [4.69, 9.17) is 11.6 Å². The predicted octanol–water partition coefficient (Wildman–Crippen LogP) is 3.01. The summed E-state index contributed by atoms with van der Waals surface area (Å²) in [4.78, 5) is 3.50. The first kappa shape index (κ1) is 10.1. The highest BCUT2D eigenvalue weighted by Gasteiger charge is 2.04. The van der Waals surface area contributed by atoms with Crippen molar-refractivity contribution < 1.29 is 0 Å². The molecule has 0 rings (SSSR count). The van der Waals surface area contributed by atoms with Crippen LogP contribution < -0.4 is 0 Å². The third kappa shape index (κ3) is 4.89. The fourth-order valence-electron chi connectivity index (χ4n) is 0.522. The summed E-state index contributed by atoms with van der Waals surface area (Å²) < 4.78 is 0. The maximum Gasteiger partial charge on any atom is 0.145 e. The van der Waals surface area contributed by atoms with Crippen molar-refractivity contribution >= 4 is 21.0 Å². The van der Waals surface area contributed by atoms with Gasteiger partial charge in [0.25, 0.3) is 0 Å². The molecule has 10 heavy (non-hydrogen) atoms. The molecule has 0 aliphatic heterocycles. The molecule has 0 aliphatic carbocycles. The van der Waals surface area contributed by atoms with Crippen LogP contribution in [0.2, 0.25) is 0 Å². The number of alkyl halides is 1. The lowest BCUT2D eigenvalue weighted by atomic mass is 10.1. The maximum atomic E-state index is 5.73. The molecule has 0 fully saturated rings. The average molecular weight is 179 g/mol. The van der Waals surface area contributed by atoms with Gasteiger partial charge in [-0.1, -0.05) is 24.6 Å². The second-order valence-electron chi connectivity index (χ2n) is 2.11. The van der Waals surface area contributed by atoms with E-state index in [-0.39, 0.29) is 5.50 Å². The van der Waals surface area contributed by atoms with Gasteiger partial charge in [-0.3, -0.25) is 0 Å². The summed E-state index contributed by atoms with van der Waals surface area (Å²) in [6, 6.07) is 0. The smallest absolute Gasteiger partial charge is 0.145 e. The van der Waals surface area contributed by atoms with E-state index in [1.807, 2.05) is 13.0 Å². The maximum absolute atomic E-state index is 5.73. The van der Waals surface area contributed by atoms with E-state index in [1.165, 1.54) is 0 Å². The number of rotatable bonds is 4. The van der Waals surface area contributed by atoms with Crippen molar-refractivity contribution in [2.45, 2.75) is 18.8 Å². The molecule has 0 heterocycles. The number of allylic oxidation sites excluding steroid dienone is 1. The molecule has 0 aromatic rings. The molecule has 0 N–H and O–H groups in total. The summed E-state index contributed by atoms with van der Waals surface area (Å²) in [5.41, 5.74) is -0.217. The summed E-state index contributed by atoms with van der Waals surface area (Å²) in [6.07, 6.45) is 2.65. The Kier molecular flexibility index (Phi) is 5.85. The third-order valence-electron chi connectivity index (χ3n) is 1.16. The second kappa shape index (κ2) is 5.82. The predicted molar refractivity (Wildman–Crippen MR) is 48.2 cm³/mol. The Morgan fingerprint density at radius 2 is 2.40 bits per heavy atom. The van der Waals surface area contributed by atoms with Crippen molar-refractivity contribution in [3.63, 3.8) is 0 Å². The Morgan fingerprint density at radius 1 is 1.80 bits per heavy atom. The van der Waals surface area contributed by atoms with Crippen LogP contribution in [0, 0.1) is 5.92 Å². The Bertz CT molecular complexity index is 127. The molecule has 58 valence electrons. The van der Waals surface area contributed by atoms with Crippen LogP contribution in [0.1, 0.15) is 13.3 Å². The Morgan fingerprint density at radius 3 is 2.80 bits per heavy atom. The van der Waals surface area contributed by atoms with Gasteiger partial charge in [0.15, 0.2) is 0 Å². The minimum Gasteiger partial charge on any atom is -0.176 e. The van der Waals surface area contributed by atoms with E-state index in [0.717, 1.165) is 6.42 Å².